The number of carbonyl (C=O) groups excluding carboxylic acids is 2. The van der Waals surface area contributed by atoms with Gasteiger partial charge < -0.3 is 14.2 Å². The van der Waals surface area contributed by atoms with Gasteiger partial charge in [-0.1, -0.05) is 48.5 Å². The van der Waals surface area contributed by atoms with Crippen molar-refractivity contribution in [1.82, 2.24) is 4.90 Å². The van der Waals surface area contributed by atoms with E-state index in [0.29, 0.717) is 6.54 Å². The van der Waals surface area contributed by atoms with Gasteiger partial charge in [0.05, 0.1) is 19.8 Å². The molecule has 0 aromatic heterocycles. The van der Waals surface area contributed by atoms with Crippen molar-refractivity contribution in [3.05, 3.63) is 65.7 Å². The summed E-state index contributed by atoms with van der Waals surface area (Å²) in [4.78, 5) is 27.6. The van der Waals surface area contributed by atoms with Crippen molar-refractivity contribution in [3.8, 4) is 5.75 Å². The predicted molar refractivity (Wildman–Crippen MR) is 102 cm³/mol. The zero-order valence-electron chi connectivity index (χ0n) is 15.9. The van der Waals surface area contributed by atoms with Gasteiger partial charge in [0.2, 0.25) is 0 Å². The molecular formula is C22H23NO5. The molecule has 0 spiro atoms. The fourth-order valence-electron chi connectivity index (χ4n) is 4.32. The molecule has 1 fully saturated rings. The zero-order chi connectivity index (χ0) is 19.7. The Bertz CT molecular complexity index is 868. The number of likely N-dealkylation sites (tertiary alicyclic amines) is 1. The fourth-order valence-corrected chi connectivity index (χ4v) is 4.32. The van der Waals surface area contributed by atoms with Crippen LogP contribution in [0, 0.1) is 5.92 Å². The van der Waals surface area contributed by atoms with E-state index in [4.69, 9.17) is 14.2 Å². The summed E-state index contributed by atoms with van der Waals surface area (Å²) in [5.74, 6) is -0.905. The maximum atomic E-state index is 12.9. The normalized spacial score (nSPS) is 25.5. The van der Waals surface area contributed by atoms with Gasteiger partial charge in [0.15, 0.2) is 0 Å². The summed E-state index contributed by atoms with van der Waals surface area (Å²) in [5, 5.41) is 0. The van der Waals surface area contributed by atoms with Crippen molar-refractivity contribution in [2.75, 3.05) is 13.7 Å². The highest BCUT2D eigenvalue weighted by atomic mass is 16.5. The Labute approximate surface area is 164 Å². The van der Waals surface area contributed by atoms with E-state index in [1.165, 1.54) is 7.11 Å². The zero-order valence-corrected chi connectivity index (χ0v) is 15.9. The Kier molecular flexibility index (Phi) is 5.05. The molecule has 2 aromatic carbocycles. The van der Waals surface area contributed by atoms with Gasteiger partial charge in [-0.2, -0.15) is 0 Å². The highest BCUT2D eigenvalue weighted by molar-refractivity contribution is 5.86. The molecule has 0 radical (unpaired) electrons. The lowest BCUT2D eigenvalue weighted by molar-refractivity contribution is -0.159. The molecule has 0 aliphatic carbocycles. The molecule has 6 heteroatoms. The average Bonchev–Trinajstić information content (AvgIpc) is 3.23. The molecule has 2 aliphatic heterocycles. The molecule has 0 unspecified atom stereocenters. The van der Waals surface area contributed by atoms with Crippen LogP contribution in [0.1, 0.15) is 24.1 Å². The minimum atomic E-state index is -0.768. The number of hydrogen-bond acceptors (Lipinski definition) is 6. The second kappa shape index (κ2) is 7.64. The second-order valence-corrected chi connectivity index (χ2v) is 6.97. The maximum Gasteiger partial charge on any atom is 0.324 e. The number of para-hydroxylation sites is 1. The number of hydrogen-bond donors (Lipinski definition) is 0. The van der Waals surface area contributed by atoms with Crippen LogP contribution >= 0.6 is 0 Å². The van der Waals surface area contributed by atoms with Crippen LogP contribution in [0.5, 0.6) is 5.75 Å². The van der Waals surface area contributed by atoms with E-state index in [9.17, 15) is 9.59 Å². The third-order valence-corrected chi connectivity index (χ3v) is 5.43. The van der Waals surface area contributed by atoms with Crippen molar-refractivity contribution in [2.45, 2.75) is 31.7 Å². The van der Waals surface area contributed by atoms with E-state index in [2.05, 4.69) is 0 Å². The second-order valence-electron chi connectivity index (χ2n) is 6.97. The summed E-state index contributed by atoms with van der Waals surface area (Å²) < 4.78 is 16.5. The van der Waals surface area contributed by atoms with E-state index in [1.54, 1.807) is 6.92 Å². The van der Waals surface area contributed by atoms with Crippen LogP contribution < -0.4 is 4.74 Å². The van der Waals surface area contributed by atoms with Crippen LogP contribution in [-0.4, -0.2) is 42.7 Å². The van der Waals surface area contributed by atoms with Crippen LogP contribution in [-0.2, 0) is 25.6 Å². The molecule has 28 heavy (non-hydrogen) atoms. The first-order valence-corrected chi connectivity index (χ1v) is 9.45. The first-order chi connectivity index (χ1) is 13.7. The summed E-state index contributed by atoms with van der Waals surface area (Å²) in [6, 6.07) is 16.6. The average molecular weight is 381 g/mol. The van der Waals surface area contributed by atoms with Crippen molar-refractivity contribution >= 4 is 11.9 Å². The van der Waals surface area contributed by atoms with Crippen LogP contribution in [0.25, 0.3) is 0 Å². The molecule has 1 saturated heterocycles. The maximum absolute atomic E-state index is 12.9. The van der Waals surface area contributed by atoms with Gasteiger partial charge in [0.25, 0.3) is 0 Å². The molecule has 2 aliphatic rings. The van der Waals surface area contributed by atoms with Gasteiger partial charge >= 0.3 is 11.9 Å². The molecule has 0 N–H and O–H groups in total. The first kappa shape index (κ1) is 18.5. The molecule has 4 rings (SSSR count). The van der Waals surface area contributed by atoms with Crippen LogP contribution in [0.4, 0.5) is 0 Å². The Morgan fingerprint density at radius 2 is 1.75 bits per heavy atom. The molecular weight excluding hydrogens is 358 g/mol. The molecule has 2 heterocycles. The first-order valence-electron chi connectivity index (χ1n) is 9.45. The number of fused-ring (bicyclic) bond motifs is 3. The van der Waals surface area contributed by atoms with Gasteiger partial charge in [-0.3, -0.25) is 14.5 Å². The molecule has 0 saturated carbocycles. The number of nitrogens with zero attached hydrogens (tertiary/aromatic N) is 1. The molecule has 146 valence electrons. The van der Waals surface area contributed by atoms with Gasteiger partial charge in [0, 0.05) is 12.1 Å². The minimum Gasteiger partial charge on any atom is -0.487 e. The lowest BCUT2D eigenvalue weighted by Gasteiger charge is -2.28. The monoisotopic (exact) mass is 381 g/mol. The quantitative estimate of drug-likeness (QED) is 0.742. The van der Waals surface area contributed by atoms with Crippen molar-refractivity contribution < 1.29 is 23.8 Å². The van der Waals surface area contributed by atoms with Gasteiger partial charge in [0.1, 0.15) is 23.8 Å². The summed E-state index contributed by atoms with van der Waals surface area (Å²) in [5.41, 5.74) is 2.02. The highest BCUT2D eigenvalue weighted by Gasteiger charge is 2.60. The molecule has 0 bridgehead atoms. The Balaban J connectivity index is 1.79. The van der Waals surface area contributed by atoms with E-state index >= 15 is 0 Å². The van der Waals surface area contributed by atoms with E-state index in [1.807, 2.05) is 59.5 Å². The van der Waals surface area contributed by atoms with Crippen molar-refractivity contribution in [3.63, 3.8) is 0 Å². The SMILES string of the molecule is CCOC(=O)[C@H]1[C@@H](C(=O)OC)[C@@H]2Oc3ccccc3[C@@H]2N1Cc1ccccc1. The number of esters is 2. The fraction of sp³-hybridized carbons (Fsp3) is 0.364. The van der Waals surface area contributed by atoms with Crippen molar-refractivity contribution in [2.24, 2.45) is 5.92 Å². The third kappa shape index (κ3) is 3.03. The molecule has 4 atom stereocenters. The Morgan fingerprint density at radius 1 is 1.04 bits per heavy atom. The van der Waals surface area contributed by atoms with Gasteiger partial charge in [-0.15, -0.1) is 0 Å². The summed E-state index contributed by atoms with van der Waals surface area (Å²) in [7, 11) is 1.33. The van der Waals surface area contributed by atoms with Crippen LogP contribution in [0.3, 0.4) is 0 Å². The summed E-state index contributed by atoms with van der Waals surface area (Å²) in [6.45, 7) is 2.50. The largest absolute Gasteiger partial charge is 0.487 e. The standard InChI is InChI=1S/C22H23NO5/c1-3-27-22(25)19-17(21(24)26-2)20-18(15-11-7-8-12-16(15)28-20)23(19)13-14-9-5-4-6-10-14/h4-12,17-20H,3,13H2,1-2H3/t17-,18+,19-,20+/m1/s1. The van der Waals surface area contributed by atoms with Gasteiger partial charge in [-0.25, -0.2) is 0 Å². The Hall–Kier alpha value is -2.86. The summed E-state index contributed by atoms with van der Waals surface area (Å²) >= 11 is 0. The summed E-state index contributed by atoms with van der Waals surface area (Å²) in [6.07, 6.45) is -0.497. The number of ether oxygens (including phenoxy) is 3. The smallest absolute Gasteiger partial charge is 0.324 e. The van der Waals surface area contributed by atoms with Crippen LogP contribution in [0.15, 0.2) is 54.6 Å². The topological polar surface area (TPSA) is 65.1 Å². The van der Waals surface area contributed by atoms with E-state index < -0.39 is 30.0 Å². The van der Waals surface area contributed by atoms with Crippen molar-refractivity contribution in [1.29, 1.82) is 0 Å². The Morgan fingerprint density at radius 3 is 2.46 bits per heavy atom. The number of rotatable bonds is 5. The lowest BCUT2D eigenvalue weighted by atomic mass is 9.95. The van der Waals surface area contributed by atoms with E-state index in [0.717, 1.165) is 16.9 Å². The van der Waals surface area contributed by atoms with Gasteiger partial charge in [-0.05, 0) is 18.6 Å². The minimum absolute atomic E-state index is 0.227. The number of carbonyl (C=O) groups is 2. The lowest BCUT2D eigenvalue weighted by Crippen LogP contribution is -2.45. The molecule has 2 aromatic rings. The number of methoxy groups -OCH3 is 1. The molecule has 6 nitrogen and oxygen atoms in total. The third-order valence-electron chi connectivity index (χ3n) is 5.43. The predicted octanol–water partition coefficient (Wildman–Crippen LogP) is 2.73. The highest BCUT2D eigenvalue weighted by Crippen LogP contribution is 2.51. The van der Waals surface area contributed by atoms with E-state index in [-0.39, 0.29) is 12.6 Å². The number of benzene rings is 2. The molecule has 0 amide bonds. The van der Waals surface area contributed by atoms with Crippen LogP contribution in [0.2, 0.25) is 0 Å².